The van der Waals surface area contributed by atoms with Crippen LogP contribution in [0.15, 0.2) is 30.5 Å². The molecule has 3 N–H and O–H groups in total. The third kappa shape index (κ3) is 6.31. The zero-order valence-electron chi connectivity index (χ0n) is 20.5. The van der Waals surface area contributed by atoms with Gasteiger partial charge in [0.05, 0.1) is 12.3 Å². The molecule has 1 aromatic heterocycles. The second-order valence-electron chi connectivity index (χ2n) is 10.1. The number of ether oxygens (including phenoxy) is 1. The maximum atomic E-state index is 14.5. The molecule has 9 heteroatoms. The first-order valence-electron chi connectivity index (χ1n) is 11.2. The number of nitrogens with one attached hydrogen (secondary N) is 3. The van der Waals surface area contributed by atoms with Gasteiger partial charge in [-0.2, -0.15) is 4.98 Å². The van der Waals surface area contributed by atoms with Crippen LogP contribution in [0, 0.1) is 5.82 Å². The monoisotopic (exact) mass is 458 g/mol. The van der Waals surface area contributed by atoms with E-state index < -0.39 is 11.9 Å². The molecule has 8 nitrogen and oxygen atoms in total. The van der Waals surface area contributed by atoms with Crippen LogP contribution in [-0.4, -0.2) is 51.2 Å². The average Bonchev–Trinajstić information content (AvgIpc) is 2.68. The van der Waals surface area contributed by atoms with Gasteiger partial charge in [0.1, 0.15) is 0 Å². The van der Waals surface area contributed by atoms with Gasteiger partial charge < -0.3 is 15.4 Å². The third-order valence-electron chi connectivity index (χ3n) is 6.10. The number of carbonyl (C=O) groups excluding carboxylic acids is 1. The number of hydrogen-bond donors (Lipinski definition) is 3. The Hall–Kier alpha value is -2.94. The molecule has 0 atom stereocenters. The molecule has 1 aliphatic rings. The fourth-order valence-electron chi connectivity index (χ4n) is 4.36. The minimum absolute atomic E-state index is 0.0336. The van der Waals surface area contributed by atoms with Crippen molar-refractivity contribution in [1.29, 1.82) is 0 Å². The first kappa shape index (κ1) is 24.7. The molecule has 0 radical (unpaired) electrons. The number of hydrogen-bond acceptors (Lipinski definition) is 7. The molecule has 1 saturated heterocycles. The van der Waals surface area contributed by atoms with Crippen LogP contribution >= 0.6 is 0 Å². The minimum Gasteiger partial charge on any atom is -0.447 e. The highest BCUT2D eigenvalue weighted by Crippen LogP contribution is 2.38. The Morgan fingerprint density at radius 2 is 1.82 bits per heavy atom. The predicted octanol–water partition coefficient (Wildman–Crippen LogP) is 5.38. The number of likely N-dealkylation sites (tertiary alicyclic amines) is 1. The van der Waals surface area contributed by atoms with E-state index in [2.05, 4.69) is 65.6 Å². The van der Waals surface area contributed by atoms with Gasteiger partial charge >= 0.3 is 6.09 Å². The number of halogens is 1. The number of carbonyl (C=O) groups is 1. The van der Waals surface area contributed by atoms with Crippen molar-refractivity contribution in [2.24, 2.45) is 0 Å². The van der Waals surface area contributed by atoms with Crippen LogP contribution in [-0.2, 0) is 4.74 Å². The topological polar surface area (TPSA) is 91.4 Å². The highest BCUT2D eigenvalue weighted by molar-refractivity contribution is 5.85. The first-order chi connectivity index (χ1) is 15.4. The Balaban J connectivity index is 1.72. The van der Waals surface area contributed by atoms with Gasteiger partial charge in [-0.25, -0.2) is 14.2 Å². The first-order valence-corrected chi connectivity index (χ1v) is 11.2. The van der Waals surface area contributed by atoms with Gasteiger partial charge in [0.15, 0.2) is 11.6 Å². The summed E-state index contributed by atoms with van der Waals surface area (Å²) in [5, 5.41) is 9.04. The van der Waals surface area contributed by atoms with E-state index in [-0.39, 0.29) is 35.0 Å². The summed E-state index contributed by atoms with van der Waals surface area (Å²) in [4.78, 5) is 22.7. The molecule has 1 aliphatic heterocycles. The van der Waals surface area contributed by atoms with Gasteiger partial charge in [-0.05, 0) is 79.6 Å². The quantitative estimate of drug-likeness (QED) is 0.535. The molecule has 180 valence electrons. The smallest absolute Gasteiger partial charge is 0.411 e. The number of rotatable bonds is 6. The van der Waals surface area contributed by atoms with E-state index in [9.17, 15) is 9.18 Å². The summed E-state index contributed by atoms with van der Waals surface area (Å²) in [6.45, 7) is 12.4. The van der Waals surface area contributed by atoms with Gasteiger partial charge in [0, 0.05) is 28.5 Å². The lowest BCUT2D eigenvalue weighted by Gasteiger charge is -2.53. The Morgan fingerprint density at radius 1 is 1.18 bits per heavy atom. The maximum absolute atomic E-state index is 14.5. The lowest BCUT2D eigenvalue weighted by Crippen LogP contribution is -2.61. The molecule has 0 spiro atoms. The molecule has 0 unspecified atom stereocenters. The molecular weight excluding hydrogens is 423 g/mol. The van der Waals surface area contributed by atoms with Crippen LogP contribution in [0.1, 0.15) is 54.4 Å². The third-order valence-corrected chi connectivity index (χ3v) is 6.10. The van der Waals surface area contributed by atoms with Crippen LogP contribution < -0.4 is 16.0 Å². The molecule has 2 heterocycles. The summed E-state index contributed by atoms with van der Waals surface area (Å²) in [6.07, 6.45) is 2.13. The lowest BCUT2D eigenvalue weighted by atomic mass is 9.77. The molecule has 1 aromatic carbocycles. The number of piperidine rings is 1. The van der Waals surface area contributed by atoms with E-state index in [1.807, 2.05) is 0 Å². The summed E-state index contributed by atoms with van der Waals surface area (Å²) in [5.74, 6) is -0.0716. The van der Waals surface area contributed by atoms with Crippen LogP contribution in [0.2, 0.25) is 0 Å². The lowest BCUT2D eigenvalue weighted by molar-refractivity contribution is -0.00778. The van der Waals surface area contributed by atoms with E-state index in [0.29, 0.717) is 11.4 Å². The SMILES string of the molecule is CC(C)OC(=O)Nc1cccc(Nc2ncc(F)c(NC3CC(C)(C)N(C)C(C)(C)C3)n2)c1. The maximum Gasteiger partial charge on any atom is 0.411 e. The van der Waals surface area contributed by atoms with Crippen molar-refractivity contribution in [1.82, 2.24) is 14.9 Å². The number of nitrogens with zero attached hydrogens (tertiary/aromatic N) is 3. The zero-order chi connectivity index (χ0) is 24.4. The second-order valence-corrected chi connectivity index (χ2v) is 10.1. The number of benzene rings is 1. The molecule has 1 amide bonds. The van der Waals surface area contributed by atoms with Crippen molar-refractivity contribution in [2.45, 2.75) is 77.6 Å². The highest BCUT2D eigenvalue weighted by Gasteiger charge is 2.43. The normalized spacial score (nSPS) is 18.1. The minimum atomic E-state index is -0.532. The van der Waals surface area contributed by atoms with Gasteiger partial charge in [0.25, 0.3) is 0 Å². The van der Waals surface area contributed by atoms with Crippen molar-refractivity contribution in [3.63, 3.8) is 0 Å². The Morgan fingerprint density at radius 3 is 2.45 bits per heavy atom. The summed E-state index contributed by atoms with van der Waals surface area (Å²) in [7, 11) is 2.13. The largest absolute Gasteiger partial charge is 0.447 e. The second kappa shape index (κ2) is 9.51. The highest BCUT2D eigenvalue weighted by atomic mass is 19.1. The van der Waals surface area contributed by atoms with E-state index in [1.165, 1.54) is 0 Å². The van der Waals surface area contributed by atoms with Gasteiger partial charge in [-0.15, -0.1) is 0 Å². The zero-order valence-corrected chi connectivity index (χ0v) is 20.5. The Labute approximate surface area is 195 Å². The molecular formula is C24H35FN6O2. The van der Waals surface area contributed by atoms with Crippen molar-refractivity contribution >= 4 is 29.2 Å². The van der Waals surface area contributed by atoms with Gasteiger partial charge in [0.2, 0.25) is 5.95 Å². The van der Waals surface area contributed by atoms with Crippen molar-refractivity contribution in [3.05, 3.63) is 36.3 Å². The van der Waals surface area contributed by atoms with Crippen LogP contribution in [0.3, 0.4) is 0 Å². The van der Waals surface area contributed by atoms with Gasteiger partial charge in [-0.3, -0.25) is 10.2 Å². The molecule has 2 aromatic rings. The van der Waals surface area contributed by atoms with Crippen LogP contribution in [0.4, 0.5) is 32.3 Å². The summed E-state index contributed by atoms with van der Waals surface area (Å²) in [5.41, 5.74) is 1.14. The number of aromatic nitrogens is 2. The Bertz CT molecular complexity index is 977. The average molecular weight is 459 g/mol. The van der Waals surface area contributed by atoms with E-state index in [4.69, 9.17) is 4.74 Å². The van der Waals surface area contributed by atoms with Crippen molar-refractivity contribution in [2.75, 3.05) is 23.0 Å². The van der Waals surface area contributed by atoms with E-state index in [1.54, 1.807) is 38.1 Å². The number of amides is 1. The molecule has 0 saturated carbocycles. The molecule has 0 bridgehead atoms. The predicted molar refractivity (Wildman–Crippen MR) is 130 cm³/mol. The molecule has 0 aliphatic carbocycles. The van der Waals surface area contributed by atoms with E-state index >= 15 is 0 Å². The molecule has 3 rings (SSSR count). The molecule has 1 fully saturated rings. The van der Waals surface area contributed by atoms with Crippen LogP contribution in [0.5, 0.6) is 0 Å². The fourth-order valence-corrected chi connectivity index (χ4v) is 4.36. The van der Waals surface area contributed by atoms with Crippen molar-refractivity contribution in [3.8, 4) is 0 Å². The standard InChI is InChI=1S/C24H35FN6O2/c1-15(2)33-22(32)29-17-10-8-9-16(11-17)28-21-26-14-19(25)20(30-21)27-18-12-23(3,4)31(7)24(5,6)13-18/h8-11,14-15,18H,12-13H2,1-7H3,(H,29,32)(H2,26,27,28,30). The summed E-state index contributed by atoms with van der Waals surface area (Å²) >= 11 is 0. The van der Waals surface area contributed by atoms with Crippen molar-refractivity contribution < 1.29 is 13.9 Å². The fraction of sp³-hybridized carbons (Fsp3) is 0.542. The molecule has 33 heavy (non-hydrogen) atoms. The van der Waals surface area contributed by atoms with Gasteiger partial charge in [-0.1, -0.05) is 6.07 Å². The van der Waals surface area contributed by atoms with Crippen LogP contribution in [0.25, 0.3) is 0 Å². The Kier molecular flexibility index (Phi) is 7.11. The summed E-state index contributed by atoms with van der Waals surface area (Å²) < 4.78 is 19.7. The number of anilines is 4. The van der Waals surface area contributed by atoms with E-state index in [0.717, 1.165) is 19.0 Å². The summed E-state index contributed by atoms with van der Waals surface area (Å²) in [6, 6.07) is 7.13.